The second-order valence-corrected chi connectivity index (χ2v) is 10.3. The largest absolute Gasteiger partial charge is 0.484 e. The predicted octanol–water partition coefficient (Wildman–Crippen LogP) is 2.36. The van der Waals surface area contributed by atoms with E-state index in [0.29, 0.717) is 32.1 Å². The number of carbonyl (C=O) groups excluding carboxylic acids is 2. The molecule has 0 radical (unpaired) electrons. The number of nitrogens with one attached hydrogen (secondary N) is 2. The molecule has 1 aromatic rings. The van der Waals surface area contributed by atoms with E-state index in [0.717, 1.165) is 25.3 Å². The molecule has 1 saturated heterocycles. The third-order valence-electron chi connectivity index (χ3n) is 7.81. The Kier molecular flexibility index (Phi) is 7.38. The van der Waals surface area contributed by atoms with Gasteiger partial charge in [-0.1, -0.05) is 11.6 Å². The molecule has 4 fully saturated rings. The van der Waals surface area contributed by atoms with Crippen molar-refractivity contribution in [2.45, 2.75) is 80.8 Å². The maximum absolute atomic E-state index is 13.6. The Morgan fingerprint density at radius 1 is 1.24 bits per heavy atom. The van der Waals surface area contributed by atoms with Gasteiger partial charge in [-0.05, 0) is 70.5 Å². The second kappa shape index (κ2) is 9.97. The van der Waals surface area contributed by atoms with Gasteiger partial charge in [-0.25, -0.2) is 4.39 Å². The van der Waals surface area contributed by atoms with Crippen LogP contribution in [0.1, 0.15) is 51.4 Å². The predicted molar refractivity (Wildman–Crippen MR) is 124 cm³/mol. The molecule has 1 aromatic carbocycles. The van der Waals surface area contributed by atoms with Gasteiger partial charge in [-0.2, -0.15) is 0 Å². The van der Waals surface area contributed by atoms with Crippen LogP contribution in [0.2, 0.25) is 5.02 Å². The number of likely N-dealkylation sites (tertiary alicyclic amines) is 1. The highest BCUT2D eigenvalue weighted by Gasteiger charge is 2.55. The number of piperidine rings is 1. The Morgan fingerprint density at radius 3 is 2.62 bits per heavy atom. The van der Waals surface area contributed by atoms with E-state index in [1.165, 1.54) is 12.1 Å². The van der Waals surface area contributed by atoms with E-state index < -0.39 is 23.0 Å². The summed E-state index contributed by atoms with van der Waals surface area (Å²) in [4.78, 5) is 27.7. The number of amides is 2. The van der Waals surface area contributed by atoms with Crippen LogP contribution in [0.15, 0.2) is 18.2 Å². The Morgan fingerprint density at radius 2 is 1.97 bits per heavy atom. The first-order chi connectivity index (χ1) is 16.2. The molecular formula is C24H33ClFN3O5. The molecule has 1 aliphatic heterocycles. The molecule has 2 bridgehead atoms. The lowest BCUT2D eigenvalue weighted by Crippen LogP contribution is -2.71. The number of methoxy groups -OCH3 is 1. The van der Waals surface area contributed by atoms with Crippen molar-refractivity contribution >= 4 is 23.4 Å². The molecule has 34 heavy (non-hydrogen) atoms. The average molecular weight is 498 g/mol. The summed E-state index contributed by atoms with van der Waals surface area (Å²) in [6.07, 6.45) is 4.57. The second-order valence-electron chi connectivity index (χ2n) is 9.86. The quantitative estimate of drug-likeness (QED) is 0.535. The van der Waals surface area contributed by atoms with Gasteiger partial charge in [0.05, 0.1) is 22.7 Å². The maximum Gasteiger partial charge on any atom is 0.258 e. The van der Waals surface area contributed by atoms with E-state index in [1.807, 2.05) is 11.9 Å². The molecule has 10 heteroatoms. The minimum atomic E-state index is -0.789. The van der Waals surface area contributed by atoms with E-state index in [2.05, 4.69) is 10.6 Å². The first-order valence-electron chi connectivity index (χ1n) is 11.8. The number of aliphatic hydroxyl groups excluding tert-OH is 1. The van der Waals surface area contributed by atoms with Crippen LogP contribution >= 0.6 is 11.6 Å². The van der Waals surface area contributed by atoms with Gasteiger partial charge < -0.3 is 25.2 Å². The van der Waals surface area contributed by atoms with Gasteiger partial charge in [0, 0.05) is 18.7 Å². The summed E-state index contributed by atoms with van der Waals surface area (Å²) < 4.78 is 24.4. The number of benzene rings is 1. The highest BCUT2D eigenvalue weighted by atomic mass is 35.5. The van der Waals surface area contributed by atoms with Gasteiger partial charge in [-0.3, -0.25) is 14.5 Å². The zero-order valence-corrected chi connectivity index (χ0v) is 20.4. The van der Waals surface area contributed by atoms with Crippen LogP contribution in [0.25, 0.3) is 0 Å². The third-order valence-corrected chi connectivity index (χ3v) is 8.11. The zero-order valence-electron chi connectivity index (χ0n) is 19.6. The third kappa shape index (κ3) is 5.03. The summed E-state index contributed by atoms with van der Waals surface area (Å²) in [5.41, 5.74) is -1.22. The van der Waals surface area contributed by atoms with Crippen molar-refractivity contribution in [2.75, 3.05) is 20.8 Å². The number of fused-ring (bicyclic) bond motifs is 3. The number of hydrogen-bond donors (Lipinski definition) is 3. The molecule has 3 unspecified atom stereocenters. The topological polar surface area (TPSA) is 100 Å². The summed E-state index contributed by atoms with van der Waals surface area (Å²) in [6, 6.07) is 3.72. The van der Waals surface area contributed by atoms with Gasteiger partial charge >= 0.3 is 0 Å². The molecule has 188 valence electrons. The number of aliphatic hydroxyl groups is 1. The summed E-state index contributed by atoms with van der Waals surface area (Å²) in [5, 5.41) is 17.1. The van der Waals surface area contributed by atoms with Gasteiger partial charge in [0.25, 0.3) is 5.91 Å². The molecule has 0 aromatic heterocycles. The van der Waals surface area contributed by atoms with Crippen molar-refractivity contribution in [2.24, 2.45) is 0 Å². The van der Waals surface area contributed by atoms with Crippen molar-refractivity contribution in [1.82, 2.24) is 15.5 Å². The van der Waals surface area contributed by atoms with E-state index in [1.54, 1.807) is 7.11 Å². The van der Waals surface area contributed by atoms with E-state index in [-0.39, 0.29) is 41.5 Å². The fourth-order valence-electron chi connectivity index (χ4n) is 5.73. The standard InChI is InChI=1S/C24H33ClFN3O5/c1-29-18(4-3-5-21(29)33-2)22(32)28-23-8-10-24(11-9-23,19(30)13-23)27-20(31)14-34-15-6-7-16(25)17(26)12-15/h6-7,12,18-19,21,30H,3-5,8-11,13-14H2,1-2H3,(H,27,31)(H,28,32). The van der Waals surface area contributed by atoms with Gasteiger partial charge in [-0.15, -0.1) is 0 Å². The van der Waals surface area contributed by atoms with Crippen molar-refractivity contribution in [3.63, 3.8) is 0 Å². The molecule has 4 aliphatic rings. The molecule has 5 rings (SSSR count). The lowest BCUT2D eigenvalue weighted by atomic mass is 9.59. The number of likely N-dealkylation sites (N-methyl/N-ethyl adjacent to an activating group) is 1. The highest BCUT2D eigenvalue weighted by molar-refractivity contribution is 6.30. The number of nitrogens with zero attached hydrogens (tertiary/aromatic N) is 1. The summed E-state index contributed by atoms with van der Waals surface area (Å²) in [7, 11) is 3.57. The fraction of sp³-hybridized carbons (Fsp3) is 0.667. The van der Waals surface area contributed by atoms with Crippen LogP contribution in [0.4, 0.5) is 4.39 Å². The minimum absolute atomic E-state index is 0.0209. The molecule has 3 N–H and O–H groups in total. The van der Waals surface area contributed by atoms with Crippen molar-refractivity contribution in [3.8, 4) is 5.75 Å². The molecule has 2 amide bonds. The van der Waals surface area contributed by atoms with Crippen molar-refractivity contribution in [3.05, 3.63) is 29.0 Å². The van der Waals surface area contributed by atoms with Gasteiger partial charge in [0.15, 0.2) is 6.61 Å². The van der Waals surface area contributed by atoms with E-state index in [9.17, 15) is 19.1 Å². The molecule has 3 saturated carbocycles. The van der Waals surface area contributed by atoms with Gasteiger partial charge in [0.2, 0.25) is 5.91 Å². The molecular weight excluding hydrogens is 465 g/mol. The number of hydrogen-bond acceptors (Lipinski definition) is 6. The molecule has 1 heterocycles. The zero-order chi connectivity index (χ0) is 24.5. The number of ether oxygens (including phenoxy) is 2. The van der Waals surface area contributed by atoms with Gasteiger partial charge in [0.1, 0.15) is 17.8 Å². The first-order valence-corrected chi connectivity index (χ1v) is 12.2. The molecule has 8 nitrogen and oxygen atoms in total. The lowest BCUT2D eigenvalue weighted by Gasteiger charge is -2.56. The first kappa shape index (κ1) is 25.2. The fourth-order valence-corrected chi connectivity index (χ4v) is 5.85. The Balaban J connectivity index is 1.32. The van der Waals surface area contributed by atoms with Crippen molar-refractivity contribution in [1.29, 1.82) is 0 Å². The van der Waals surface area contributed by atoms with E-state index in [4.69, 9.17) is 21.1 Å². The molecule has 3 atom stereocenters. The molecule has 0 spiro atoms. The smallest absolute Gasteiger partial charge is 0.258 e. The molecule has 3 aliphatic carbocycles. The van der Waals surface area contributed by atoms with Crippen LogP contribution in [-0.2, 0) is 14.3 Å². The average Bonchev–Trinajstić information content (AvgIpc) is 2.81. The van der Waals surface area contributed by atoms with Crippen LogP contribution < -0.4 is 15.4 Å². The van der Waals surface area contributed by atoms with Crippen LogP contribution in [0.3, 0.4) is 0 Å². The Labute approximate surface area is 204 Å². The van der Waals surface area contributed by atoms with Crippen molar-refractivity contribution < 1.29 is 28.6 Å². The van der Waals surface area contributed by atoms with Crippen LogP contribution in [0, 0.1) is 5.82 Å². The summed E-state index contributed by atoms with van der Waals surface area (Å²) in [5.74, 6) is -0.836. The maximum atomic E-state index is 13.6. The van der Waals surface area contributed by atoms with Crippen LogP contribution in [-0.4, -0.2) is 72.0 Å². The Bertz CT molecular complexity index is 924. The summed E-state index contributed by atoms with van der Waals surface area (Å²) in [6.45, 7) is -0.300. The number of rotatable bonds is 7. The lowest BCUT2D eigenvalue weighted by molar-refractivity contribution is -0.144. The SMILES string of the molecule is COC1CCCC(C(=O)NC23CCC(NC(=O)COc4ccc(Cl)c(F)c4)(CC2)C(O)C3)N1C. The van der Waals surface area contributed by atoms with E-state index >= 15 is 0 Å². The van der Waals surface area contributed by atoms with Crippen LogP contribution in [0.5, 0.6) is 5.75 Å². The Hall–Kier alpha value is -1.94. The summed E-state index contributed by atoms with van der Waals surface area (Å²) >= 11 is 5.66. The monoisotopic (exact) mass is 497 g/mol. The highest BCUT2D eigenvalue weighted by Crippen LogP contribution is 2.47. The number of carbonyl (C=O) groups is 2. The number of halogens is 2. The minimum Gasteiger partial charge on any atom is -0.484 e. The normalized spacial score (nSPS) is 33.4.